The first kappa shape index (κ1) is 4.43. The zero-order valence-electron chi connectivity index (χ0n) is 4.52. The molecule has 0 amide bonds. The number of hydrogen-bond acceptors (Lipinski definition) is 1. The summed E-state index contributed by atoms with van der Waals surface area (Å²) in [5.41, 5.74) is 2.11. The van der Waals surface area contributed by atoms with Crippen molar-refractivity contribution in [2.75, 3.05) is 0 Å². The van der Waals surface area contributed by atoms with Crippen LogP contribution in [-0.4, -0.2) is 17.8 Å². The van der Waals surface area contributed by atoms with Gasteiger partial charge < -0.3 is 4.98 Å². The Bertz CT molecular complexity index is 142. The molecule has 0 aliphatic rings. The largest absolute Gasteiger partial charge is 0.355 e. The van der Waals surface area contributed by atoms with Crippen molar-refractivity contribution in [1.29, 1.82) is 0 Å². The lowest BCUT2D eigenvalue weighted by Gasteiger charge is -1.74. The predicted molar refractivity (Wildman–Crippen MR) is 31.5 cm³/mol. The molecule has 1 aromatic rings. The molecule has 1 rings (SSSR count). The number of aromatic nitrogens is 2. The van der Waals surface area contributed by atoms with E-state index in [9.17, 15) is 0 Å². The normalized spacial score (nSPS) is 9.29. The van der Waals surface area contributed by atoms with Crippen LogP contribution in [0.15, 0.2) is 6.20 Å². The van der Waals surface area contributed by atoms with Crippen LogP contribution < -0.4 is 5.72 Å². The first-order valence-electron chi connectivity index (χ1n) is 2.27. The number of hydrogen-bond donors (Lipinski definition) is 1. The van der Waals surface area contributed by atoms with Crippen LogP contribution in [0.5, 0.6) is 0 Å². The van der Waals surface area contributed by atoms with Crippen molar-refractivity contribution in [3.8, 4) is 0 Å². The van der Waals surface area contributed by atoms with Crippen LogP contribution in [0, 0.1) is 6.92 Å². The summed E-state index contributed by atoms with van der Waals surface area (Å²) in [6.07, 6.45) is 1.81. The molecule has 0 unspecified atom stereocenters. The third kappa shape index (κ3) is 0.826. The molecule has 3 heteroatoms. The number of nitrogens with one attached hydrogen (secondary N) is 1. The van der Waals surface area contributed by atoms with E-state index < -0.39 is 0 Å². The molecule has 0 aromatic carbocycles. The molecule has 0 radical (unpaired) electrons. The molecule has 0 saturated carbocycles. The van der Waals surface area contributed by atoms with E-state index in [4.69, 9.17) is 0 Å². The fraction of sp³-hybridized carbons (Fsp3) is 0.250. The van der Waals surface area contributed by atoms with Crippen molar-refractivity contribution >= 4 is 13.6 Å². The lowest BCUT2D eigenvalue weighted by atomic mass is 10.1. The molecular formula is C4H7BN2. The molecule has 0 aliphatic heterocycles. The summed E-state index contributed by atoms with van der Waals surface area (Å²) >= 11 is 0. The number of H-pyrrole nitrogens is 1. The third-order valence-corrected chi connectivity index (χ3v) is 0.830. The van der Waals surface area contributed by atoms with Crippen molar-refractivity contribution in [3.63, 3.8) is 0 Å². The maximum atomic E-state index is 3.96. The fourth-order valence-corrected chi connectivity index (χ4v) is 0.544. The van der Waals surface area contributed by atoms with Crippen LogP contribution >= 0.6 is 0 Å². The molecule has 0 saturated heterocycles. The van der Waals surface area contributed by atoms with Crippen LogP contribution in [0.25, 0.3) is 0 Å². The van der Waals surface area contributed by atoms with Gasteiger partial charge in [0.05, 0.1) is 5.72 Å². The molecule has 0 atom stereocenters. The summed E-state index contributed by atoms with van der Waals surface area (Å²) < 4.78 is 0. The second-order valence-electron chi connectivity index (χ2n) is 1.65. The second kappa shape index (κ2) is 1.41. The maximum absolute atomic E-state index is 3.96. The highest BCUT2D eigenvalue weighted by Gasteiger charge is 1.83. The van der Waals surface area contributed by atoms with Gasteiger partial charge in [-0.05, 0) is 6.92 Å². The van der Waals surface area contributed by atoms with Crippen molar-refractivity contribution in [2.24, 2.45) is 0 Å². The van der Waals surface area contributed by atoms with Gasteiger partial charge in [0.25, 0.3) is 0 Å². The van der Waals surface area contributed by atoms with Gasteiger partial charge in [-0.15, -0.1) is 0 Å². The molecule has 0 spiro atoms. The Morgan fingerprint density at radius 1 is 1.86 bits per heavy atom. The minimum absolute atomic E-state index is 0.984. The molecule has 0 bridgehead atoms. The van der Waals surface area contributed by atoms with E-state index >= 15 is 0 Å². The Balaban J connectivity index is 3.04. The van der Waals surface area contributed by atoms with Gasteiger partial charge in [-0.3, -0.25) is 4.98 Å². The van der Waals surface area contributed by atoms with Crippen molar-refractivity contribution in [1.82, 2.24) is 9.97 Å². The van der Waals surface area contributed by atoms with E-state index in [-0.39, 0.29) is 0 Å². The van der Waals surface area contributed by atoms with Crippen LogP contribution in [0.1, 0.15) is 5.69 Å². The van der Waals surface area contributed by atoms with E-state index in [1.807, 2.05) is 21.0 Å². The summed E-state index contributed by atoms with van der Waals surface area (Å²) in [6.45, 7) is 1.99. The molecule has 36 valence electrons. The fourth-order valence-electron chi connectivity index (χ4n) is 0.544. The summed E-state index contributed by atoms with van der Waals surface area (Å²) in [4.78, 5) is 6.99. The van der Waals surface area contributed by atoms with E-state index in [0.29, 0.717) is 0 Å². The number of rotatable bonds is 0. The van der Waals surface area contributed by atoms with Gasteiger partial charge in [-0.2, -0.15) is 0 Å². The van der Waals surface area contributed by atoms with Gasteiger partial charge in [0.15, 0.2) is 7.85 Å². The highest BCUT2D eigenvalue weighted by Crippen LogP contribution is 1.78. The van der Waals surface area contributed by atoms with Crippen LogP contribution in [-0.2, 0) is 0 Å². The average Bonchev–Trinajstić information content (AvgIpc) is 1.87. The Kier molecular flexibility index (Phi) is 0.892. The maximum Gasteiger partial charge on any atom is 0.186 e. The Hall–Kier alpha value is -0.725. The molecule has 7 heavy (non-hydrogen) atoms. The molecule has 1 heterocycles. The number of aromatic amines is 1. The van der Waals surface area contributed by atoms with Gasteiger partial charge in [0.2, 0.25) is 0 Å². The smallest absolute Gasteiger partial charge is 0.186 e. The molecule has 0 fully saturated rings. The van der Waals surface area contributed by atoms with Gasteiger partial charge in [0, 0.05) is 11.9 Å². The van der Waals surface area contributed by atoms with Crippen LogP contribution in [0.3, 0.4) is 0 Å². The number of nitrogens with zero attached hydrogens (tertiary/aromatic N) is 1. The lowest BCUT2D eigenvalue weighted by Crippen LogP contribution is -2.05. The summed E-state index contributed by atoms with van der Waals surface area (Å²) in [5.74, 6) is 0. The topological polar surface area (TPSA) is 28.7 Å². The van der Waals surface area contributed by atoms with Gasteiger partial charge in [-0.1, -0.05) is 0 Å². The molecule has 2 nitrogen and oxygen atoms in total. The summed E-state index contributed by atoms with van der Waals surface area (Å²) in [7, 11) is 1.94. The van der Waals surface area contributed by atoms with Gasteiger partial charge >= 0.3 is 0 Å². The van der Waals surface area contributed by atoms with Gasteiger partial charge in [-0.25, -0.2) is 0 Å². The molecular weight excluding hydrogens is 86.9 g/mol. The summed E-state index contributed by atoms with van der Waals surface area (Å²) in [6, 6.07) is 0. The highest BCUT2D eigenvalue weighted by molar-refractivity contribution is 6.28. The minimum Gasteiger partial charge on any atom is -0.355 e. The molecule has 1 N–H and O–H groups in total. The van der Waals surface area contributed by atoms with E-state index in [0.717, 1.165) is 11.4 Å². The number of aryl methyl sites for hydroxylation is 1. The average molecular weight is 93.9 g/mol. The van der Waals surface area contributed by atoms with Crippen molar-refractivity contribution in [2.45, 2.75) is 6.92 Å². The number of imidazole rings is 1. The van der Waals surface area contributed by atoms with E-state index in [2.05, 4.69) is 9.97 Å². The second-order valence-corrected chi connectivity index (χ2v) is 1.65. The summed E-state index contributed by atoms with van der Waals surface area (Å²) in [5, 5.41) is 0. The van der Waals surface area contributed by atoms with Crippen molar-refractivity contribution < 1.29 is 0 Å². The zero-order valence-corrected chi connectivity index (χ0v) is 4.52. The minimum atomic E-state index is 0.984. The highest BCUT2D eigenvalue weighted by atomic mass is 14.9. The Morgan fingerprint density at radius 3 is 2.71 bits per heavy atom. The van der Waals surface area contributed by atoms with E-state index in [1.165, 1.54) is 0 Å². The van der Waals surface area contributed by atoms with Gasteiger partial charge in [0.1, 0.15) is 0 Å². The third-order valence-electron chi connectivity index (χ3n) is 0.830. The van der Waals surface area contributed by atoms with Crippen molar-refractivity contribution in [3.05, 3.63) is 11.9 Å². The van der Waals surface area contributed by atoms with E-state index in [1.54, 1.807) is 0 Å². The quantitative estimate of drug-likeness (QED) is 0.409. The molecule has 0 aliphatic carbocycles. The first-order chi connectivity index (χ1) is 3.29. The standard InChI is InChI=1S/C4H7BN2/c1-3-2-6-4(5)7-3/h2H,5H2,1H3,(H,6,7). The first-order valence-corrected chi connectivity index (χ1v) is 2.27. The van der Waals surface area contributed by atoms with Crippen LogP contribution in [0.2, 0.25) is 0 Å². The lowest BCUT2D eigenvalue weighted by molar-refractivity contribution is 1.30. The Labute approximate surface area is 43.4 Å². The zero-order chi connectivity index (χ0) is 5.28. The molecule has 1 aromatic heterocycles. The SMILES string of the molecule is Bc1ncc(C)[nH]1. The predicted octanol–water partition coefficient (Wildman–Crippen LogP) is -1.02. The monoisotopic (exact) mass is 94.1 g/mol. The van der Waals surface area contributed by atoms with Crippen LogP contribution in [0.4, 0.5) is 0 Å². The Morgan fingerprint density at radius 2 is 2.57 bits per heavy atom.